The first-order valence-corrected chi connectivity index (χ1v) is 13.1. The van der Waals surface area contributed by atoms with E-state index >= 15 is 0 Å². The predicted octanol–water partition coefficient (Wildman–Crippen LogP) is 5.26. The number of hydrogen-bond acceptors (Lipinski definition) is 4. The molecule has 3 rings (SSSR count). The number of carbonyl (C=O) groups excluding carboxylic acids is 3. The number of amides is 3. The molecule has 0 saturated carbocycles. The lowest BCUT2D eigenvalue weighted by molar-refractivity contribution is -0.140. The third-order valence-electron chi connectivity index (χ3n) is 6.29. The maximum atomic E-state index is 14.0. The minimum absolute atomic E-state index is 0.244. The summed E-state index contributed by atoms with van der Waals surface area (Å²) in [6.07, 6.45) is -0.448. The summed E-state index contributed by atoms with van der Waals surface area (Å²) in [6, 6.07) is 23.1. The first kappa shape index (κ1) is 29.4. The second-order valence-corrected chi connectivity index (χ2v) is 10.8. The number of hydrogen-bond donors (Lipinski definition) is 2. The Labute approximate surface area is 231 Å². The Morgan fingerprint density at radius 3 is 2.05 bits per heavy atom. The number of carbonyl (C=O) groups is 3. The van der Waals surface area contributed by atoms with Crippen LogP contribution in [-0.4, -0.2) is 41.5 Å². The number of nitrogens with one attached hydrogen (secondary N) is 2. The van der Waals surface area contributed by atoms with Gasteiger partial charge in [0.15, 0.2) is 0 Å². The molecule has 0 radical (unpaired) electrons. The second kappa shape index (κ2) is 13.1. The summed E-state index contributed by atoms with van der Waals surface area (Å²) >= 11 is 0. The van der Waals surface area contributed by atoms with Gasteiger partial charge in [-0.1, -0.05) is 84.4 Å². The molecule has 0 heterocycles. The van der Waals surface area contributed by atoms with E-state index in [1.165, 1.54) is 4.90 Å². The van der Waals surface area contributed by atoms with Crippen LogP contribution < -0.4 is 10.6 Å². The molecule has 0 bridgehead atoms. The Morgan fingerprint density at radius 1 is 0.872 bits per heavy atom. The molecular weight excluding hydrogens is 490 g/mol. The Balaban J connectivity index is 1.93. The van der Waals surface area contributed by atoms with Gasteiger partial charge in [0.25, 0.3) is 0 Å². The van der Waals surface area contributed by atoms with Crippen LogP contribution in [0.4, 0.5) is 4.79 Å². The van der Waals surface area contributed by atoms with Gasteiger partial charge < -0.3 is 20.3 Å². The highest BCUT2D eigenvalue weighted by Gasteiger charge is 2.35. The van der Waals surface area contributed by atoms with Crippen LogP contribution in [0.1, 0.15) is 54.6 Å². The Bertz CT molecular complexity index is 1270. The van der Waals surface area contributed by atoms with Crippen LogP contribution in [0, 0.1) is 13.8 Å². The average molecular weight is 530 g/mol. The maximum Gasteiger partial charge on any atom is 0.408 e. The quantitative estimate of drug-likeness (QED) is 0.396. The zero-order chi connectivity index (χ0) is 28.6. The highest BCUT2D eigenvalue weighted by molar-refractivity contribution is 5.92. The Morgan fingerprint density at radius 2 is 1.46 bits per heavy atom. The topological polar surface area (TPSA) is 87.7 Å². The lowest BCUT2D eigenvalue weighted by atomic mass is 9.96. The summed E-state index contributed by atoms with van der Waals surface area (Å²) < 4.78 is 5.45. The number of benzene rings is 3. The number of likely N-dealkylation sites (N-methyl/N-ethyl adjacent to an activating group) is 1. The van der Waals surface area contributed by atoms with Crippen molar-refractivity contribution in [2.45, 2.75) is 65.3 Å². The molecule has 7 nitrogen and oxygen atoms in total. The monoisotopic (exact) mass is 529 g/mol. The molecule has 3 aromatic carbocycles. The molecule has 0 spiro atoms. The van der Waals surface area contributed by atoms with E-state index < -0.39 is 29.7 Å². The third kappa shape index (κ3) is 8.70. The minimum Gasteiger partial charge on any atom is -0.444 e. The molecule has 2 N–H and O–H groups in total. The van der Waals surface area contributed by atoms with Gasteiger partial charge in [-0.05, 0) is 56.9 Å². The highest BCUT2D eigenvalue weighted by Crippen LogP contribution is 2.26. The van der Waals surface area contributed by atoms with E-state index in [1.807, 2.05) is 92.7 Å². The van der Waals surface area contributed by atoms with Crippen LogP contribution in [0.5, 0.6) is 0 Å². The summed E-state index contributed by atoms with van der Waals surface area (Å²) in [5.41, 5.74) is 3.69. The second-order valence-electron chi connectivity index (χ2n) is 10.8. The van der Waals surface area contributed by atoms with E-state index in [0.717, 1.165) is 27.8 Å². The summed E-state index contributed by atoms with van der Waals surface area (Å²) in [5, 5.41) is 5.74. The SMILES string of the molecule is Cc1ccc(C)c(C(C(=O)NCc2ccccc2)N(C)C(=O)C(Cc2ccccc2)NC(=O)OC(C)(C)C)c1. The first-order chi connectivity index (χ1) is 18.4. The van der Waals surface area contributed by atoms with E-state index in [9.17, 15) is 14.4 Å². The Hall–Kier alpha value is -4.13. The zero-order valence-corrected chi connectivity index (χ0v) is 23.7. The van der Waals surface area contributed by atoms with E-state index in [-0.39, 0.29) is 12.3 Å². The maximum absolute atomic E-state index is 14.0. The fourth-order valence-electron chi connectivity index (χ4n) is 4.33. The first-order valence-electron chi connectivity index (χ1n) is 13.1. The Kier molecular flexibility index (Phi) is 9.88. The van der Waals surface area contributed by atoms with Gasteiger partial charge >= 0.3 is 6.09 Å². The van der Waals surface area contributed by atoms with Crippen molar-refractivity contribution in [1.29, 1.82) is 0 Å². The van der Waals surface area contributed by atoms with E-state index in [1.54, 1.807) is 27.8 Å². The van der Waals surface area contributed by atoms with E-state index in [0.29, 0.717) is 6.54 Å². The molecule has 2 unspecified atom stereocenters. The lowest BCUT2D eigenvalue weighted by Gasteiger charge is -2.32. The van der Waals surface area contributed by atoms with Crippen LogP contribution >= 0.6 is 0 Å². The zero-order valence-electron chi connectivity index (χ0n) is 23.7. The summed E-state index contributed by atoms with van der Waals surface area (Å²) in [5.74, 6) is -0.704. The number of alkyl carbamates (subject to hydrolysis) is 1. The number of aryl methyl sites for hydroxylation is 2. The van der Waals surface area contributed by atoms with Gasteiger partial charge in [0, 0.05) is 20.0 Å². The van der Waals surface area contributed by atoms with Crippen molar-refractivity contribution < 1.29 is 19.1 Å². The van der Waals surface area contributed by atoms with Crippen molar-refractivity contribution in [1.82, 2.24) is 15.5 Å². The third-order valence-corrected chi connectivity index (χ3v) is 6.29. The summed E-state index contributed by atoms with van der Waals surface area (Å²) in [7, 11) is 1.60. The number of ether oxygens (including phenoxy) is 1. The van der Waals surface area contributed by atoms with Gasteiger partial charge in [-0.25, -0.2) is 4.79 Å². The molecule has 0 fully saturated rings. The molecule has 2 atom stereocenters. The normalized spacial score (nSPS) is 12.7. The minimum atomic E-state index is -0.943. The average Bonchev–Trinajstić information content (AvgIpc) is 2.89. The fourth-order valence-corrected chi connectivity index (χ4v) is 4.33. The molecule has 3 amide bonds. The van der Waals surface area contributed by atoms with Crippen molar-refractivity contribution in [3.63, 3.8) is 0 Å². The molecule has 0 aromatic heterocycles. The van der Waals surface area contributed by atoms with Gasteiger partial charge in [-0.2, -0.15) is 0 Å². The van der Waals surface area contributed by atoms with Gasteiger partial charge in [0.1, 0.15) is 17.7 Å². The van der Waals surface area contributed by atoms with Crippen LogP contribution in [0.15, 0.2) is 78.9 Å². The number of rotatable bonds is 9. The molecule has 206 valence electrons. The molecule has 0 saturated heterocycles. The van der Waals surface area contributed by atoms with Crippen molar-refractivity contribution in [2.24, 2.45) is 0 Å². The molecule has 0 aliphatic heterocycles. The standard InChI is InChI=1S/C32H39N3O4/c1-22-17-18-23(2)26(19-22)28(29(36)33-21-25-15-11-8-12-16-25)35(6)30(37)27(20-24-13-9-7-10-14-24)34-31(38)39-32(3,4)5/h7-19,27-28H,20-21H2,1-6H3,(H,33,36)(H,34,38). The van der Waals surface area contributed by atoms with Crippen LogP contribution in [0.3, 0.4) is 0 Å². The molecule has 0 aliphatic rings. The van der Waals surface area contributed by atoms with Crippen molar-refractivity contribution in [3.05, 3.63) is 107 Å². The van der Waals surface area contributed by atoms with Gasteiger partial charge in [-0.3, -0.25) is 9.59 Å². The smallest absolute Gasteiger partial charge is 0.408 e. The van der Waals surface area contributed by atoms with Crippen molar-refractivity contribution in [2.75, 3.05) is 7.05 Å². The van der Waals surface area contributed by atoms with Gasteiger partial charge in [0.05, 0.1) is 0 Å². The van der Waals surface area contributed by atoms with Crippen molar-refractivity contribution >= 4 is 17.9 Å². The van der Waals surface area contributed by atoms with E-state index in [2.05, 4.69) is 10.6 Å². The largest absolute Gasteiger partial charge is 0.444 e. The molecule has 0 aliphatic carbocycles. The van der Waals surface area contributed by atoms with Crippen molar-refractivity contribution in [3.8, 4) is 0 Å². The highest BCUT2D eigenvalue weighted by atomic mass is 16.6. The lowest BCUT2D eigenvalue weighted by Crippen LogP contribution is -2.52. The summed E-state index contributed by atoms with van der Waals surface area (Å²) in [4.78, 5) is 41.9. The fraction of sp³-hybridized carbons (Fsp3) is 0.344. The van der Waals surface area contributed by atoms with Gasteiger partial charge in [0.2, 0.25) is 11.8 Å². The summed E-state index contributed by atoms with van der Waals surface area (Å²) in [6.45, 7) is 9.49. The number of nitrogens with zero attached hydrogens (tertiary/aromatic N) is 1. The van der Waals surface area contributed by atoms with Gasteiger partial charge in [-0.15, -0.1) is 0 Å². The molecular formula is C32H39N3O4. The molecule has 3 aromatic rings. The predicted molar refractivity (Wildman–Crippen MR) is 153 cm³/mol. The molecule has 39 heavy (non-hydrogen) atoms. The molecule has 7 heteroatoms. The van der Waals surface area contributed by atoms with E-state index in [4.69, 9.17) is 4.74 Å². The van der Waals surface area contributed by atoms with Crippen LogP contribution in [-0.2, 0) is 27.3 Å². The van der Waals surface area contributed by atoms with Crippen LogP contribution in [0.25, 0.3) is 0 Å². The van der Waals surface area contributed by atoms with Crippen LogP contribution in [0.2, 0.25) is 0 Å².